The Morgan fingerprint density at radius 3 is 2.10 bits per heavy atom. The normalized spacial score (nSPS) is 24.6. The van der Waals surface area contributed by atoms with Crippen LogP contribution in [0.1, 0.15) is 73.5 Å². The summed E-state index contributed by atoms with van der Waals surface area (Å²) in [7, 11) is 0. The molecule has 0 radical (unpaired) electrons. The number of carbonyl (C=O) groups excluding carboxylic acids is 1. The molecule has 10 heteroatoms. The van der Waals surface area contributed by atoms with Gasteiger partial charge in [0.2, 0.25) is 5.91 Å². The monoisotopic (exact) mass is 571 g/mol. The highest BCUT2D eigenvalue weighted by atomic mass is 19.4. The smallest absolute Gasteiger partial charge is 0.393 e. The zero-order chi connectivity index (χ0) is 29.6. The summed E-state index contributed by atoms with van der Waals surface area (Å²) in [6.07, 6.45) is -10.8. The minimum absolute atomic E-state index is 0.0160. The van der Waals surface area contributed by atoms with E-state index in [0.29, 0.717) is 38.1 Å². The van der Waals surface area contributed by atoms with Crippen molar-refractivity contribution < 1.29 is 41.0 Å². The van der Waals surface area contributed by atoms with E-state index in [-0.39, 0.29) is 35.3 Å². The van der Waals surface area contributed by atoms with Crippen LogP contribution in [-0.2, 0) is 21.9 Å². The maximum atomic E-state index is 13.5. The molecular formula is C30H35F6NO3. The molecule has 1 heterocycles. The van der Waals surface area contributed by atoms with E-state index >= 15 is 0 Å². The summed E-state index contributed by atoms with van der Waals surface area (Å²) in [4.78, 5) is 15.0. The van der Waals surface area contributed by atoms with Crippen molar-refractivity contribution >= 4 is 5.91 Å². The van der Waals surface area contributed by atoms with Gasteiger partial charge in [0.25, 0.3) is 0 Å². The summed E-state index contributed by atoms with van der Waals surface area (Å²) in [6, 6.07) is 8.95. The summed E-state index contributed by atoms with van der Waals surface area (Å²) in [5, 5.41) is 10.2. The van der Waals surface area contributed by atoms with E-state index in [9.17, 15) is 36.2 Å². The molecule has 4 nitrogen and oxygen atoms in total. The van der Waals surface area contributed by atoms with Crippen LogP contribution in [0.4, 0.5) is 26.3 Å². The number of alkyl halides is 6. The number of aryl methyl sites for hydroxylation is 1. The molecule has 1 saturated carbocycles. The van der Waals surface area contributed by atoms with Crippen LogP contribution in [0.15, 0.2) is 42.5 Å². The first kappa shape index (κ1) is 30.4. The van der Waals surface area contributed by atoms with E-state index in [1.54, 1.807) is 0 Å². The topological polar surface area (TPSA) is 49.8 Å². The molecule has 0 bridgehead atoms. The SMILES string of the molecule is Cc1ccccc1[C@H]1[C@@H]2CN(C(=O)C(C)(C)C)C[C@H]2CC[C@@H]1O[C@H](CO)c1cc(C(F)(F)F)cc(C(F)(F)F)c1. The number of benzene rings is 2. The molecule has 2 aromatic carbocycles. The predicted octanol–water partition coefficient (Wildman–Crippen LogP) is 7.15. The lowest BCUT2D eigenvalue weighted by Crippen LogP contribution is -2.40. The third-order valence-corrected chi connectivity index (χ3v) is 8.14. The number of aliphatic hydroxyl groups is 1. The molecule has 40 heavy (non-hydrogen) atoms. The Kier molecular flexibility index (Phi) is 8.36. The first-order chi connectivity index (χ1) is 18.5. The fourth-order valence-corrected chi connectivity index (χ4v) is 6.23. The van der Waals surface area contributed by atoms with Gasteiger partial charge in [-0.2, -0.15) is 26.3 Å². The minimum Gasteiger partial charge on any atom is -0.393 e. The van der Waals surface area contributed by atoms with Gasteiger partial charge in [-0.25, -0.2) is 0 Å². The second-order valence-electron chi connectivity index (χ2n) is 12.0. The maximum Gasteiger partial charge on any atom is 0.416 e. The molecule has 1 amide bonds. The van der Waals surface area contributed by atoms with Crippen molar-refractivity contribution in [2.24, 2.45) is 17.3 Å². The number of ether oxygens (including phenoxy) is 1. The van der Waals surface area contributed by atoms with Crippen molar-refractivity contribution in [3.05, 3.63) is 70.3 Å². The Morgan fingerprint density at radius 2 is 1.57 bits per heavy atom. The summed E-state index contributed by atoms with van der Waals surface area (Å²) in [5.41, 5.74) is -1.92. The highest BCUT2D eigenvalue weighted by molar-refractivity contribution is 5.81. The van der Waals surface area contributed by atoms with Crippen molar-refractivity contribution in [2.75, 3.05) is 19.7 Å². The largest absolute Gasteiger partial charge is 0.416 e. The van der Waals surface area contributed by atoms with Crippen LogP contribution in [0.25, 0.3) is 0 Å². The average molecular weight is 572 g/mol. The molecule has 2 fully saturated rings. The quantitative estimate of drug-likeness (QED) is 0.388. The van der Waals surface area contributed by atoms with Crippen LogP contribution in [0.3, 0.4) is 0 Å². The van der Waals surface area contributed by atoms with Gasteiger partial charge < -0.3 is 14.7 Å². The molecule has 1 saturated heterocycles. The first-order valence-electron chi connectivity index (χ1n) is 13.4. The van der Waals surface area contributed by atoms with Crippen LogP contribution < -0.4 is 0 Å². The van der Waals surface area contributed by atoms with Gasteiger partial charge in [-0.15, -0.1) is 0 Å². The van der Waals surface area contributed by atoms with Gasteiger partial charge in [0.05, 0.1) is 23.8 Å². The van der Waals surface area contributed by atoms with Crippen LogP contribution in [0.5, 0.6) is 0 Å². The molecule has 1 aliphatic heterocycles. The van der Waals surface area contributed by atoms with Gasteiger partial charge in [0, 0.05) is 24.4 Å². The Balaban J connectivity index is 1.71. The van der Waals surface area contributed by atoms with E-state index in [0.717, 1.165) is 11.1 Å². The van der Waals surface area contributed by atoms with Crippen molar-refractivity contribution in [1.82, 2.24) is 4.90 Å². The predicted molar refractivity (Wildman–Crippen MR) is 137 cm³/mol. The molecule has 0 aromatic heterocycles. The van der Waals surface area contributed by atoms with Crippen molar-refractivity contribution in [3.63, 3.8) is 0 Å². The molecular weight excluding hydrogens is 536 g/mol. The molecule has 1 aliphatic carbocycles. The van der Waals surface area contributed by atoms with E-state index in [1.807, 2.05) is 56.9 Å². The van der Waals surface area contributed by atoms with Crippen LogP contribution in [-0.4, -0.2) is 41.7 Å². The van der Waals surface area contributed by atoms with Gasteiger partial charge in [0.1, 0.15) is 6.10 Å². The number of amides is 1. The van der Waals surface area contributed by atoms with Gasteiger partial charge in [-0.05, 0) is 66.5 Å². The number of carbonyl (C=O) groups is 1. The summed E-state index contributed by atoms with van der Waals surface area (Å²) < 4.78 is 87.4. The Hall–Kier alpha value is -2.59. The van der Waals surface area contributed by atoms with Gasteiger partial charge in [-0.3, -0.25) is 4.79 Å². The standard InChI is InChI=1S/C30H35F6NO3/c1-17-7-5-6-8-22(17)26-23-15-37(27(39)28(2,3)4)14-18(23)9-10-24(26)40-25(16-38)19-11-20(29(31,32)33)13-21(12-19)30(34,35)36/h5-8,11-13,18,23-26,38H,9-10,14-16H2,1-4H3/t18-,23-,24+,25-,26+/m1/s1. The summed E-state index contributed by atoms with van der Waals surface area (Å²) >= 11 is 0. The number of rotatable bonds is 5. The first-order valence-corrected chi connectivity index (χ1v) is 13.4. The minimum atomic E-state index is -5.01. The van der Waals surface area contributed by atoms with Crippen LogP contribution in [0, 0.1) is 24.2 Å². The molecule has 0 unspecified atom stereocenters. The Morgan fingerprint density at radius 1 is 0.975 bits per heavy atom. The lowest BCUT2D eigenvalue weighted by Gasteiger charge is -2.41. The second-order valence-corrected chi connectivity index (χ2v) is 12.0. The summed E-state index contributed by atoms with van der Waals surface area (Å²) in [5.74, 6) is -0.0779. The third-order valence-electron chi connectivity index (χ3n) is 8.14. The summed E-state index contributed by atoms with van der Waals surface area (Å²) in [6.45, 7) is 7.79. The number of fused-ring (bicyclic) bond motifs is 1. The van der Waals surface area contributed by atoms with Crippen molar-refractivity contribution in [2.45, 2.75) is 71.0 Å². The van der Waals surface area contributed by atoms with Gasteiger partial charge in [0.15, 0.2) is 0 Å². The highest BCUT2D eigenvalue weighted by Crippen LogP contribution is 2.49. The fraction of sp³-hybridized carbons (Fsp3) is 0.567. The number of aliphatic hydroxyl groups excluding tert-OH is 1. The molecule has 4 rings (SSSR count). The highest BCUT2D eigenvalue weighted by Gasteiger charge is 2.49. The van der Waals surface area contributed by atoms with Gasteiger partial charge in [-0.1, -0.05) is 45.0 Å². The number of hydrogen-bond donors (Lipinski definition) is 1. The number of likely N-dealkylation sites (tertiary alicyclic amines) is 1. The Labute approximate surface area is 230 Å². The molecule has 2 aromatic rings. The van der Waals surface area contributed by atoms with Crippen LogP contribution in [0.2, 0.25) is 0 Å². The number of nitrogens with zero attached hydrogens (tertiary/aromatic N) is 1. The number of hydrogen-bond acceptors (Lipinski definition) is 3. The zero-order valence-electron chi connectivity index (χ0n) is 22.9. The average Bonchev–Trinajstić information content (AvgIpc) is 3.29. The molecule has 5 atom stereocenters. The van der Waals surface area contributed by atoms with Crippen molar-refractivity contribution in [1.29, 1.82) is 0 Å². The molecule has 2 aliphatic rings. The number of halogens is 6. The fourth-order valence-electron chi connectivity index (χ4n) is 6.23. The molecule has 220 valence electrons. The van der Waals surface area contributed by atoms with Crippen LogP contribution >= 0.6 is 0 Å². The zero-order valence-corrected chi connectivity index (χ0v) is 22.9. The second kappa shape index (κ2) is 11.0. The Bertz CT molecular complexity index is 1190. The van der Waals surface area contributed by atoms with Gasteiger partial charge >= 0.3 is 12.4 Å². The van der Waals surface area contributed by atoms with Crippen molar-refractivity contribution in [3.8, 4) is 0 Å². The van der Waals surface area contributed by atoms with E-state index in [4.69, 9.17) is 4.74 Å². The van der Waals surface area contributed by atoms with E-state index in [2.05, 4.69) is 0 Å². The van der Waals surface area contributed by atoms with E-state index < -0.39 is 47.7 Å². The molecule has 1 N–H and O–H groups in total. The van der Waals surface area contributed by atoms with E-state index in [1.165, 1.54) is 0 Å². The lowest BCUT2D eigenvalue weighted by molar-refractivity contribution is -0.143. The molecule has 0 spiro atoms. The maximum absolute atomic E-state index is 13.5. The lowest BCUT2D eigenvalue weighted by atomic mass is 9.68. The third kappa shape index (κ3) is 6.33.